The maximum Gasteiger partial charge on any atom is 0.305 e. The normalized spacial score (nSPS) is 11.9. The molecule has 0 rings (SSSR count). The van der Waals surface area contributed by atoms with Crippen molar-refractivity contribution in [2.45, 2.75) is 71.1 Å². The Kier molecular flexibility index (Phi) is 18.6. The van der Waals surface area contributed by atoms with Gasteiger partial charge in [-0.25, -0.2) is 0 Å². The summed E-state index contributed by atoms with van der Waals surface area (Å²) >= 11 is 0. The van der Waals surface area contributed by atoms with Gasteiger partial charge < -0.3 is 9.47 Å². The van der Waals surface area contributed by atoms with E-state index in [0.29, 0.717) is 19.6 Å². The number of allylic oxidation sites excluding steroid dienone is 6. The number of unbranched alkanes of at least 4 members (excludes halogenated alkanes) is 5. The van der Waals surface area contributed by atoms with E-state index in [1.54, 1.807) is 7.11 Å². The molecule has 0 aliphatic heterocycles. The minimum absolute atomic E-state index is 0.123. The molecule has 0 saturated carbocycles. The first-order chi connectivity index (χ1) is 11.8. The fraction of sp³-hybridized carbons (Fsp3) is 0.667. The van der Waals surface area contributed by atoms with Crippen molar-refractivity contribution in [1.29, 1.82) is 0 Å². The monoisotopic (exact) mass is 336 g/mol. The summed E-state index contributed by atoms with van der Waals surface area (Å²) in [4.78, 5) is 11.3. The van der Waals surface area contributed by atoms with Crippen LogP contribution in [-0.4, -0.2) is 26.3 Å². The Morgan fingerprint density at radius 2 is 1.38 bits per heavy atom. The van der Waals surface area contributed by atoms with Crippen molar-refractivity contribution in [3.8, 4) is 0 Å². The van der Waals surface area contributed by atoms with E-state index < -0.39 is 0 Å². The van der Waals surface area contributed by atoms with Crippen molar-refractivity contribution in [2.24, 2.45) is 0 Å². The van der Waals surface area contributed by atoms with E-state index in [1.165, 1.54) is 25.7 Å². The van der Waals surface area contributed by atoms with Gasteiger partial charge in [-0.15, -0.1) is 0 Å². The highest BCUT2D eigenvalue weighted by molar-refractivity contribution is 5.69. The first kappa shape index (κ1) is 22.6. The number of methoxy groups -OCH3 is 1. The third kappa shape index (κ3) is 18.7. The van der Waals surface area contributed by atoms with Crippen LogP contribution < -0.4 is 0 Å². The number of esters is 1. The van der Waals surface area contributed by atoms with Crippen LogP contribution in [0.1, 0.15) is 71.1 Å². The van der Waals surface area contributed by atoms with Crippen LogP contribution in [0.3, 0.4) is 0 Å². The number of carbonyl (C=O) groups excluding carboxylic acids is 1. The lowest BCUT2D eigenvalue weighted by Crippen LogP contribution is -2.09. The van der Waals surface area contributed by atoms with Crippen molar-refractivity contribution in [2.75, 3.05) is 20.3 Å². The van der Waals surface area contributed by atoms with Crippen molar-refractivity contribution in [3.63, 3.8) is 0 Å². The van der Waals surface area contributed by atoms with Gasteiger partial charge in [0.15, 0.2) is 0 Å². The Labute approximate surface area is 148 Å². The fourth-order valence-electron chi connectivity index (χ4n) is 2.13. The minimum atomic E-state index is -0.123. The molecule has 0 atom stereocenters. The van der Waals surface area contributed by atoms with Gasteiger partial charge in [0.05, 0.1) is 6.61 Å². The van der Waals surface area contributed by atoms with Crippen LogP contribution in [0.15, 0.2) is 36.5 Å². The molecule has 0 fully saturated rings. The Hall–Kier alpha value is -1.35. The van der Waals surface area contributed by atoms with Crippen molar-refractivity contribution >= 4 is 5.97 Å². The molecule has 138 valence electrons. The fourth-order valence-corrected chi connectivity index (χ4v) is 2.13. The zero-order chi connectivity index (χ0) is 17.7. The number of hydrogen-bond donors (Lipinski definition) is 0. The van der Waals surface area contributed by atoms with E-state index in [0.717, 1.165) is 32.1 Å². The number of carbonyl (C=O) groups is 1. The quantitative estimate of drug-likeness (QED) is 0.204. The van der Waals surface area contributed by atoms with E-state index in [4.69, 9.17) is 9.47 Å². The van der Waals surface area contributed by atoms with Crippen LogP contribution in [0.2, 0.25) is 0 Å². The number of rotatable bonds is 16. The lowest BCUT2D eigenvalue weighted by Gasteiger charge is -2.03. The molecule has 0 aromatic heterocycles. The third-order valence-electron chi connectivity index (χ3n) is 3.57. The maximum absolute atomic E-state index is 11.3. The van der Waals surface area contributed by atoms with Gasteiger partial charge in [0.25, 0.3) is 0 Å². The Morgan fingerprint density at radius 3 is 1.96 bits per heavy atom. The third-order valence-corrected chi connectivity index (χ3v) is 3.57. The van der Waals surface area contributed by atoms with E-state index in [2.05, 4.69) is 43.4 Å². The lowest BCUT2D eigenvalue weighted by molar-refractivity contribution is -0.145. The van der Waals surface area contributed by atoms with Gasteiger partial charge in [-0.2, -0.15) is 0 Å². The SMILES string of the molecule is CCCCC/C=C\C/C=C\C/C=C\CCCCC(=O)OCCOC. The molecule has 0 heterocycles. The predicted molar refractivity (Wildman–Crippen MR) is 102 cm³/mol. The lowest BCUT2D eigenvalue weighted by atomic mass is 10.1. The molecule has 3 nitrogen and oxygen atoms in total. The smallest absolute Gasteiger partial charge is 0.305 e. The summed E-state index contributed by atoms with van der Waals surface area (Å²) in [6.07, 6.45) is 24.0. The largest absolute Gasteiger partial charge is 0.463 e. The standard InChI is InChI=1S/C21H36O3/c1-3-4-5-6-7-8-9-10-11-12-13-14-15-16-17-18-21(22)24-20-19-23-2/h7-8,10-11,13-14H,3-6,9,12,15-20H2,1-2H3/b8-7-,11-10-,14-13-. The molecule has 3 heteroatoms. The van der Waals surface area contributed by atoms with Crippen molar-refractivity contribution in [1.82, 2.24) is 0 Å². The zero-order valence-electron chi connectivity index (χ0n) is 15.7. The highest BCUT2D eigenvalue weighted by Crippen LogP contribution is 2.03. The van der Waals surface area contributed by atoms with Crippen LogP contribution >= 0.6 is 0 Å². The Balaban J connectivity index is 3.37. The zero-order valence-corrected chi connectivity index (χ0v) is 15.7. The second-order valence-corrected chi connectivity index (χ2v) is 5.84. The van der Waals surface area contributed by atoms with Crippen LogP contribution in [0.4, 0.5) is 0 Å². The van der Waals surface area contributed by atoms with Gasteiger partial charge in [0.1, 0.15) is 6.61 Å². The molecule has 0 spiro atoms. The average Bonchev–Trinajstić information content (AvgIpc) is 2.58. The topological polar surface area (TPSA) is 35.5 Å². The summed E-state index contributed by atoms with van der Waals surface area (Å²) in [6, 6.07) is 0. The van der Waals surface area contributed by atoms with Gasteiger partial charge in [-0.3, -0.25) is 4.79 Å². The summed E-state index contributed by atoms with van der Waals surface area (Å²) in [5.74, 6) is -0.123. The van der Waals surface area contributed by atoms with Gasteiger partial charge in [0.2, 0.25) is 0 Å². The van der Waals surface area contributed by atoms with E-state index in [1.807, 2.05) is 0 Å². The Bertz CT molecular complexity index is 356. The summed E-state index contributed by atoms with van der Waals surface area (Å²) in [5.41, 5.74) is 0. The number of hydrogen-bond acceptors (Lipinski definition) is 3. The summed E-state index contributed by atoms with van der Waals surface area (Å²) in [5, 5.41) is 0. The van der Waals surface area contributed by atoms with E-state index in [9.17, 15) is 4.79 Å². The van der Waals surface area contributed by atoms with E-state index in [-0.39, 0.29) is 5.97 Å². The Morgan fingerprint density at radius 1 is 0.792 bits per heavy atom. The molecule has 0 radical (unpaired) electrons. The molecule has 0 saturated heterocycles. The highest BCUT2D eigenvalue weighted by Gasteiger charge is 2.00. The first-order valence-corrected chi connectivity index (χ1v) is 9.40. The molecule has 0 aromatic rings. The van der Waals surface area contributed by atoms with Gasteiger partial charge in [-0.1, -0.05) is 56.2 Å². The molecule has 0 aromatic carbocycles. The molecular weight excluding hydrogens is 300 g/mol. The summed E-state index contributed by atoms with van der Waals surface area (Å²) in [6.45, 7) is 3.06. The van der Waals surface area contributed by atoms with Crippen LogP contribution in [0.5, 0.6) is 0 Å². The average molecular weight is 337 g/mol. The molecule has 0 amide bonds. The summed E-state index contributed by atoms with van der Waals surface area (Å²) in [7, 11) is 1.60. The van der Waals surface area contributed by atoms with Crippen LogP contribution in [-0.2, 0) is 14.3 Å². The number of ether oxygens (including phenoxy) is 2. The molecule has 0 unspecified atom stereocenters. The second kappa shape index (κ2) is 19.7. The van der Waals surface area contributed by atoms with Gasteiger partial charge in [-0.05, 0) is 44.9 Å². The molecule has 0 aliphatic rings. The second-order valence-electron chi connectivity index (χ2n) is 5.84. The minimum Gasteiger partial charge on any atom is -0.463 e. The predicted octanol–water partition coefficient (Wildman–Crippen LogP) is 5.77. The highest BCUT2D eigenvalue weighted by atomic mass is 16.6. The van der Waals surface area contributed by atoms with E-state index >= 15 is 0 Å². The maximum atomic E-state index is 11.3. The molecule has 0 bridgehead atoms. The molecule has 24 heavy (non-hydrogen) atoms. The molecule has 0 aliphatic carbocycles. The van der Waals surface area contributed by atoms with Gasteiger partial charge >= 0.3 is 5.97 Å². The first-order valence-electron chi connectivity index (χ1n) is 9.40. The van der Waals surface area contributed by atoms with Crippen LogP contribution in [0.25, 0.3) is 0 Å². The molecular formula is C21H36O3. The summed E-state index contributed by atoms with van der Waals surface area (Å²) < 4.78 is 9.83. The van der Waals surface area contributed by atoms with Crippen molar-refractivity contribution < 1.29 is 14.3 Å². The van der Waals surface area contributed by atoms with Crippen LogP contribution in [0, 0.1) is 0 Å². The molecule has 0 N–H and O–H groups in total. The van der Waals surface area contributed by atoms with Gasteiger partial charge in [0, 0.05) is 13.5 Å². The van der Waals surface area contributed by atoms with Crippen molar-refractivity contribution in [3.05, 3.63) is 36.5 Å².